The summed E-state index contributed by atoms with van der Waals surface area (Å²) in [6.45, 7) is 3.94. The van der Waals surface area contributed by atoms with Crippen LogP contribution in [-0.4, -0.2) is 21.4 Å². The highest BCUT2D eigenvalue weighted by Crippen LogP contribution is 2.32. The Hall–Kier alpha value is -2.71. The third kappa shape index (κ3) is 4.88. The van der Waals surface area contributed by atoms with Gasteiger partial charge in [0.05, 0.1) is 11.1 Å². The number of halogens is 1. The van der Waals surface area contributed by atoms with Crippen LogP contribution in [0.5, 0.6) is 5.75 Å². The highest BCUT2D eigenvalue weighted by Gasteiger charge is 2.17. The molecule has 9 heteroatoms. The molecule has 0 saturated heterocycles. The van der Waals surface area contributed by atoms with Gasteiger partial charge in [0.15, 0.2) is 5.11 Å². The molecule has 3 N–H and O–H groups in total. The molecule has 2 aromatic carbocycles. The molecular formula is C16H15ClN4O3S. The number of nitrogens with one attached hydrogen (secondary N) is 2. The number of aryl methyl sites for hydroxylation is 2. The first kappa shape index (κ1) is 18.6. The second kappa shape index (κ2) is 7.91. The Morgan fingerprint density at radius 3 is 2.72 bits per heavy atom. The van der Waals surface area contributed by atoms with Crippen LogP contribution < -0.4 is 10.7 Å². The molecule has 7 nitrogen and oxygen atoms in total. The highest BCUT2D eigenvalue weighted by atomic mass is 35.5. The molecule has 0 aliphatic carbocycles. The number of rotatable bonds is 4. The fourth-order valence-corrected chi connectivity index (χ4v) is 2.49. The van der Waals surface area contributed by atoms with E-state index in [1.54, 1.807) is 0 Å². The van der Waals surface area contributed by atoms with E-state index in [-0.39, 0.29) is 15.7 Å². The minimum absolute atomic E-state index is 0.0982. The van der Waals surface area contributed by atoms with E-state index >= 15 is 0 Å². The van der Waals surface area contributed by atoms with Crippen LogP contribution in [0.1, 0.15) is 16.7 Å². The minimum atomic E-state index is -0.724. The van der Waals surface area contributed by atoms with Gasteiger partial charge in [-0.05, 0) is 43.8 Å². The van der Waals surface area contributed by atoms with Gasteiger partial charge in [0, 0.05) is 22.3 Å². The Balaban J connectivity index is 2.08. The molecule has 2 rings (SSSR count). The van der Waals surface area contributed by atoms with Crippen molar-refractivity contribution >= 4 is 46.5 Å². The van der Waals surface area contributed by atoms with E-state index < -0.39 is 16.4 Å². The second-order valence-electron chi connectivity index (χ2n) is 5.26. The summed E-state index contributed by atoms with van der Waals surface area (Å²) in [6.07, 6.45) is 1.20. The number of nitrogens with zero attached hydrogens (tertiary/aromatic N) is 2. The molecule has 25 heavy (non-hydrogen) atoms. The number of phenols is 1. The highest BCUT2D eigenvalue weighted by molar-refractivity contribution is 7.80. The van der Waals surface area contributed by atoms with E-state index in [0.29, 0.717) is 0 Å². The van der Waals surface area contributed by atoms with Crippen molar-refractivity contribution < 1.29 is 10.0 Å². The van der Waals surface area contributed by atoms with Crippen molar-refractivity contribution in [2.45, 2.75) is 13.8 Å². The van der Waals surface area contributed by atoms with Crippen LogP contribution in [0.4, 0.5) is 11.4 Å². The number of benzene rings is 2. The summed E-state index contributed by atoms with van der Waals surface area (Å²) in [5.74, 6) is -0.520. The molecule has 0 bridgehead atoms. The molecule has 0 saturated carbocycles. The molecule has 0 atom stereocenters. The molecule has 0 aliphatic rings. The van der Waals surface area contributed by atoms with Crippen molar-refractivity contribution in [3.63, 3.8) is 0 Å². The Labute approximate surface area is 154 Å². The predicted octanol–water partition coefficient (Wildman–Crippen LogP) is 3.89. The van der Waals surface area contributed by atoms with Crippen LogP contribution in [0.25, 0.3) is 0 Å². The first-order valence-electron chi connectivity index (χ1n) is 7.12. The van der Waals surface area contributed by atoms with E-state index in [2.05, 4.69) is 15.8 Å². The maximum atomic E-state index is 10.9. The Kier molecular flexibility index (Phi) is 5.89. The smallest absolute Gasteiger partial charge is 0.312 e. The lowest BCUT2D eigenvalue weighted by Crippen LogP contribution is -2.24. The predicted molar refractivity (Wildman–Crippen MR) is 103 cm³/mol. The number of nitro groups is 1. The molecular weight excluding hydrogens is 364 g/mol. The SMILES string of the molecule is Cc1ccc(NC(=S)N/N=C/c2cc(Cl)cc([N+](=O)[O-])c2O)c(C)c1. The number of nitro benzene ring substituents is 1. The van der Waals surface area contributed by atoms with Crippen molar-refractivity contribution in [2.24, 2.45) is 5.10 Å². The Morgan fingerprint density at radius 2 is 2.08 bits per heavy atom. The van der Waals surface area contributed by atoms with E-state index in [9.17, 15) is 15.2 Å². The third-order valence-corrected chi connectivity index (χ3v) is 3.69. The molecule has 0 heterocycles. The van der Waals surface area contributed by atoms with Crippen molar-refractivity contribution in [1.29, 1.82) is 0 Å². The number of anilines is 1. The summed E-state index contributed by atoms with van der Waals surface area (Å²) < 4.78 is 0. The molecule has 0 unspecified atom stereocenters. The lowest BCUT2D eigenvalue weighted by molar-refractivity contribution is -0.385. The van der Waals surface area contributed by atoms with Crippen LogP contribution in [0.15, 0.2) is 35.4 Å². The van der Waals surface area contributed by atoms with Gasteiger partial charge >= 0.3 is 5.69 Å². The fourth-order valence-electron chi connectivity index (χ4n) is 2.11. The van der Waals surface area contributed by atoms with Crippen molar-refractivity contribution in [3.05, 3.63) is 62.2 Å². The normalized spacial score (nSPS) is 10.7. The van der Waals surface area contributed by atoms with Gasteiger partial charge in [-0.2, -0.15) is 5.10 Å². The summed E-state index contributed by atoms with van der Waals surface area (Å²) in [5.41, 5.74) is 5.18. The van der Waals surface area contributed by atoms with Gasteiger partial charge in [0.1, 0.15) is 0 Å². The average Bonchev–Trinajstić information content (AvgIpc) is 2.52. The number of phenolic OH excluding ortho intramolecular Hbond substituents is 1. The summed E-state index contributed by atoms with van der Waals surface area (Å²) >= 11 is 10.9. The first-order chi connectivity index (χ1) is 11.8. The lowest BCUT2D eigenvalue weighted by Gasteiger charge is -2.10. The molecule has 0 amide bonds. The lowest BCUT2D eigenvalue weighted by atomic mass is 10.1. The number of aromatic hydroxyl groups is 1. The zero-order chi connectivity index (χ0) is 18.6. The van der Waals surface area contributed by atoms with Gasteiger partial charge < -0.3 is 10.4 Å². The van der Waals surface area contributed by atoms with Crippen LogP contribution in [0.2, 0.25) is 5.02 Å². The molecule has 0 aliphatic heterocycles. The van der Waals surface area contributed by atoms with Gasteiger partial charge in [-0.15, -0.1) is 0 Å². The number of hydrazone groups is 1. The molecule has 0 radical (unpaired) electrons. The topological polar surface area (TPSA) is 99.8 Å². The molecule has 0 spiro atoms. The third-order valence-electron chi connectivity index (χ3n) is 3.28. The maximum absolute atomic E-state index is 10.9. The second-order valence-corrected chi connectivity index (χ2v) is 6.11. The standard InChI is InChI=1S/C16H15ClN4O3S/c1-9-3-4-13(10(2)5-9)19-16(25)20-18-8-11-6-12(17)7-14(15(11)22)21(23)24/h3-8,22H,1-2H3,(H2,19,20,25)/b18-8+. The number of hydrogen-bond acceptors (Lipinski definition) is 5. The van der Waals surface area contributed by atoms with Crippen molar-refractivity contribution in [1.82, 2.24) is 5.43 Å². The number of thiocarbonyl (C=S) groups is 1. The first-order valence-corrected chi connectivity index (χ1v) is 7.90. The summed E-state index contributed by atoms with van der Waals surface area (Å²) in [4.78, 5) is 10.1. The fraction of sp³-hybridized carbons (Fsp3) is 0.125. The van der Waals surface area contributed by atoms with Crippen LogP contribution in [0.3, 0.4) is 0 Å². The van der Waals surface area contributed by atoms with Gasteiger partial charge in [-0.25, -0.2) is 0 Å². The van der Waals surface area contributed by atoms with E-state index in [4.69, 9.17) is 23.8 Å². The molecule has 0 fully saturated rings. The van der Waals surface area contributed by atoms with Gasteiger partial charge in [-0.3, -0.25) is 15.5 Å². The van der Waals surface area contributed by atoms with Crippen LogP contribution in [-0.2, 0) is 0 Å². The van der Waals surface area contributed by atoms with Gasteiger partial charge in [0.25, 0.3) is 0 Å². The quantitative estimate of drug-likeness (QED) is 0.323. The van der Waals surface area contributed by atoms with E-state index in [1.165, 1.54) is 12.3 Å². The number of hydrogen-bond donors (Lipinski definition) is 3. The van der Waals surface area contributed by atoms with E-state index in [0.717, 1.165) is 22.9 Å². The van der Waals surface area contributed by atoms with E-state index in [1.807, 2.05) is 32.0 Å². The van der Waals surface area contributed by atoms with Crippen molar-refractivity contribution in [3.8, 4) is 5.75 Å². The largest absolute Gasteiger partial charge is 0.502 e. The van der Waals surface area contributed by atoms with Crippen LogP contribution >= 0.6 is 23.8 Å². The summed E-state index contributed by atoms with van der Waals surface area (Å²) in [7, 11) is 0. The molecule has 130 valence electrons. The van der Waals surface area contributed by atoms with Crippen molar-refractivity contribution in [2.75, 3.05) is 5.32 Å². The molecule has 2 aromatic rings. The zero-order valence-electron chi connectivity index (χ0n) is 13.4. The Bertz CT molecular complexity index is 871. The summed E-state index contributed by atoms with van der Waals surface area (Å²) in [6, 6.07) is 8.28. The monoisotopic (exact) mass is 378 g/mol. The Morgan fingerprint density at radius 1 is 1.36 bits per heavy atom. The summed E-state index contributed by atoms with van der Waals surface area (Å²) in [5, 5.41) is 27.9. The molecule has 0 aromatic heterocycles. The van der Waals surface area contributed by atoms with Crippen LogP contribution in [0, 0.1) is 24.0 Å². The minimum Gasteiger partial charge on any atom is -0.502 e. The van der Waals surface area contributed by atoms with Gasteiger partial charge in [-0.1, -0.05) is 29.3 Å². The van der Waals surface area contributed by atoms with Gasteiger partial charge in [0.2, 0.25) is 5.75 Å². The average molecular weight is 379 g/mol. The maximum Gasteiger partial charge on any atom is 0.312 e. The zero-order valence-corrected chi connectivity index (χ0v) is 15.0.